The molecule has 2 aromatic carbocycles. The summed E-state index contributed by atoms with van der Waals surface area (Å²) in [5.74, 6) is 0. The first kappa shape index (κ1) is 17.7. The van der Waals surface area contributed by atoms with Crippen LogP contribution in [-0.2, 0) is 34.5 Å². The van der Waals surface area contributed by atoms with Crippen LogP contribution in [0, 0.1) is 0 Å². The maximum atomic E-state index is 12.8. The Hall–Kier alpha value is -1.73. The van der Waals surface area contributed by atoms with Crippen molar-refractivity contribution in [1.82, 2.24) is 9.62 Å². The SMILES string of the molecule is CC1CC(NS(=O)(=O)c2ccc3c(c2)COC3)CN1Cc1ccccc1. The molecular formula is C20H24N2O3S. The first-order valence-corrected chi connectivity index (χ1v) is 10.5. The van der Waals surface area contributed by atoms with Crippen LogP contribution in [0.2, 0.25) is 0 Å². The normalized spacial score (nSPS) is 23.3. The number of hydrogen-bond donors (Lipinski definition) is 1. The van der Waals surface area contributed by atoms with Crippen molar-refractivity contribution in [2.45, 2.75) is 50.1 Å². The Balaban J connectivity index is 1.44. The molecule has 0 aliphatic carbocycles. The van der Waals surface area contributed by atoms with Crippen molar-refractivity contribution in [1.29, 1.82) is 0 Å². The molecule has 2 unspecified atom stereocenters. The van der Waals surface area contributed by atoms with E-state index in [0.717, 1.165) is 30.6 Å². The molecule has 0 saturated carbocycles. The summed E-state index contributed by atoms with van der Waals surface area (Å²) in [5.41, 5.74) is 3.30. The van der Waals surface area contributed by atoms with Crippen molar-refractivity contribution in [3.05, 3.63) is 65.2 Å². The molecule has 4 rings (SSSR count). The minimum atomic E-state index is -3.52. The van der Waals surface area contributed by atoms with Crippen LogP contribution in [0.3, 0.4) is 0 Å². The van der Waals surface area contributed by atoms with Crippen molar-refractivity contribution in [2.75, 3.05) is 6.54 Å². The van der Waals surface area contributed by atoms with Crippen LogP contribution in [0.4, 0.5) is 0 Å². The fourth-order valence-corrected chi connectivity index (χ4v) is 5.12. The second-order valence-corrected chi connectivity index (χ2v) is 8.96. The van der Waals surface area contributed by atoms with E-state index in [1.54, 1.807) is 12.1 Å². The van der Waals surface area contributed by atoms with Gasteiger partial charge in [-0.15, -0.1) is 0 Å². The molecule has 5 nitrogen and oxygen atoms in total. The maximum Gasteiger partial charge on any atom is 0.240 e. The molecule has 26 heavy (non-hydrogen) atoms. The van der Waals surface area contributed by atoms with E-state index in [0.29, 0.717) is 24.2 Å². The van der Waals surface area contributed by atoms with Gasteiger partial charge in [0.1, 0.15) is 0 Å². The second-order valence-electron chi connectivity index (χ2n) is 7.24. The van der Waals surface area contributed by atoms with Gasteiger partial charge in [-0.2, -0.15) is 0 Å². The summed E-state index contributed by atoms with van der Waals surface area (Å²) in [4.78, 5) is 2.66. The van der Waals surface area contributed by atoms with Gasteiger partial charge in [-0.1, -0.05) is 36.4 Å². The summed E-state index contributed by atoms with van der Waals surface area (Å²) < 4.78 is 33.9. The van der Waals surface area contributed by atoms with Crippen LogP contribution in [0.1, 0.15) is 30.0 Å². The molecule has 2 aromatic rings. The van der Waals surface area contributed by atoms with Gasteiger partial charge < -0.3 is 4.74 Å². The van der Waals surface area contributed by atoms with E-state index in [1.165, 1.54) is 5.56 Å². The predicted octanol–water partition coefficient (Wildman–Crippen LogP) is 2.66. The van der Waals surface area contributed by atoms with Crippen molar-refractivity contribution in [3.63, 3.8) is 0 Å². The lowest BCUT2D eigenvalue weighted by molar-refractivity contribution is 0.134. The van der Waals surface area contributed by atoms with E-state index in [2.05, 4.69) is 28.7 Å². The van der Waals surface area contributed by atoms with Gasteiger partial charge in [0.2, 0.25) is 10.0 Å². The van der Waals surface area contributed by atoms with E-state index < -0.39 is 10.0 Å². The van der Waals surface area contributed by atoms with Crippen LogP contribution in [0.15, 0.2) is 53.4 Å². The molecule has 2 aliphatic rings. The van der Waals surface area contributed by atoms with Gasteiger partial charge in [0.15, 0.2) is 0 Å². The first-order chi connectivity index (χ1) is 12.5. The molecule has 1 fully saturated rings. The third-order valence-corrected chi connectivity index (χ3v) is 6.78. The summed E-state index contributed by atoms with van der Waals surface area (Å²) in [6.45, 7) is 4.78. The van der Waals surface area contributed by atoms with Crippen molar-refractivity contribution < 1.29 is 13.2 Å². The number of rotatable bonds is 5. The van der Waals surface area contributed by atoms with Crippen molar-refractivity contribution in [3.8, 4) is 0 Å². The van der Waals surface area contributed by atoms with Gasteiger partial charge in [-0.25, -0.2) is 13.1 Å². The number of hydrogen-bond acceptors (Lipinski definition) is 4. The van der Waals surface area contributed by atoms with E-state index in [1.807, 2.05) is 24.3 Å². The fraction of sp³-hybridized carbons (Fsp3) is 0.400. The summed E-state index contributed by atoms with van der Waals surface area (Å²) in [6, 6.07) is 15.8. The highest BCUT2D eigenvalue weighted by molar-refractivity contribution is 7.89. The number of benzene rings is 2. The van der Waals surface area contributed by atoms with E-state index in [4.69, 9.17) is 4.74 Å². The topological polar surface area (TPSA) is 58.6 Å². The Labute approximate surface area is 155 Å². The van der Waals surface area contributed by atoms with Gasteiger partial charge in [0, 0.05) is 25.2 Å². The zero-order chi connectivity index (χ0) is 18.1. The molecule has 2 heterocycles. The zero-order valence-electron chi connectivity index (χ0n) is 14.9. The van der Waals surface area contributed by atoms with Crippen molar-refractivity contribution in [2.24, 2.45) is 0 Å². The predicted molar refractivity (Wildman–Crippen MR) is 100.0 cm³/mol. The average Bonchev–Trinajstić information content (AvgIpc) is 3.21. The molecular weight excluding hydrogens is 348 g/mol. The Morgan fingerprint density at radius 3 is 2.69 bits per heavy atom. The summed E-state index contributed by atoms with van der Waals surface area (Å²) >= 11 is 0. The number of likely N-dealkylation sites (tertiary alicyclic amines) is 1. The van der Waals surface area contributed by atoms with Crippen LogP contribution in [-0.4, -0.2) is 31.9 Å². The highest BCUT2D eigenvalue weighted by Gasteiger charge is 2.32. The van der Waals surface area contributed by atoms with Gasteiger partial charge in [-0.3, -0.25) is 4.90 Å². The van der Waals surface area contributed by atoms with E-state index >= 15 is 0 Å². The Morgan fingerprint density at radius 2 is 1.88 bits per heavy atom. The van der Waals surface area contributed by atoms with Gasteiger partial charge >= 0.3 is 0 Å². The molecule has 0 bridgehead atoms. The maximum absolute atomic E-state index is 12.8. The largest absolute Gasteiger partial charge is 0.372 e. The third kappa shape index (κ3) is 3.69. The Bertz CT molecular complexity index is 883. The third-order valence-electron chi connectivity index (χ3n) is 5.26. The molecule has 6 heteroatoms. The van der Waals surface area contributed by atoms with Gasteiger partial charge in [0.25, 0.3) is 0 Å². The quantitative estimate of drug-likeness (QED) is 0.877. The molecule has 2 atom stereocenters. The lowest BCUT2D eigenvalue weighted by Gasteiger charge is -2.21. The lowest BCUT2D eigenvalue weighted by atomic mass is 10.1. The molecule has 1 N–H and O–H groups in total. The van der Waals surface area contributed by atoms with Crippen LogP contribution in [0.5, 0.6) is 0 Å². The summed E-state index contributed by atoms with van der Waals surface area (Å²) in [6.07, 6.45) is 0.820. The number of sulfonamides is 1. The number of nitrogens with one attached hydrogen (secondary N) is 1. The molecule has 0 amide bonds. The molecule has 2 aliphatic heterocycles. The second kappa shape index (κ2) is 7.12. The van der Waals surface area contributed by atoms with Crippen LogP contribution < -0.4 is 4.72 Å². The average molecular weight is 372 g/mol. The molecule has 138 valence electrons. The molecule has 0 aromatic heterocycles. The minimum absolute atomic E-state index is 0.0665. The monoisotopic (exact) mass is 372 g/mol. The summed E-state index contributed by atoms with van der Waals surface area (Å²) in [5, 5.41) is 0. The van der Waals surface area contributed by atoms with Gasteiger partial charge in [-0.05, 0) is 42.2 Å². The van der Waals surface area contributed by atoms with Crippen molar-refractivity contribution >= 4 is 10.0 Å². The number of nitrogens with zero attached hydrogens (tertiary/aromatic N) is 1. The van der Waals surface area contributed by atoms with Gasteiger partial charge in [0.05, 0.1) is 18.1 Å². The highest BCUT2D eigenvalue weighted by atomic mass is 32.2. The smallest absolute Gasteiger partial charge is 0.240 e. The number of ether oxygens (including phenoxy) is 1. The highest BCUT2D eigenvalue weighted by Crippen LogP contribution is 2.25. The van der Waals surface area contributed by atoms with E-state index in [9.17, 15) is 8.42 Å². The standard InChI is InChI=1S/C20H24N2O3S/c1-15-9-19(12-22(15)11-16-5-3-2-4-6-16)21-26(23,24)20-8-7-17-13-25-14-18(17)10-20/h2-8,10,15,19,21H,9,11-14H2,1H3. The van der Waals surface area contributed by atoms with Crippen LogP contribution in [0.25, 0.3) is 0 Å². The number of fused-ring (bicyclic) bond motifs is 1. The zero-order valence-corrected chi connectivity index (χ0v) is 15.7. The lowest BCUT2D eigenvalue weighted by Crippen LogP contribution is -2.37. The minimum Gasteiger partial charge on any atom is -0.372 e. The summed E-state index contributed by atoms with van der Waals surface area (Å²) in [7, 11) is -3.52. The Morgan fingerprint density at radius 1 is 1.12 bits per heavy atom. The van der Waals surface area contributed by atoms with E-state index in [-0.39, 0.29) is 6.04 Å². The Kier molecular flexibility index (Phi) is 4.84. The first-order valence-electron chi connectivity index (χ1n) is 9.01. The fourth-order valence-electron chi connectivity index (χ4n) is 3.83. The van der Waals surface area contributed by atoms with Crippen LogP contribution >= 0.6 is 0 Å². The molecule has 0 radical (unpaired) electrons. The molecule has 1 saturated heterocycles. The molecule has 0 spiro atoms.